The molecule has 2 aromatic rings. The minimum atomic E-state index is -4.41. The van der Waals surface area contributed by atoms with Crippen molar-refractivity contribution >= 4 is 17.3 Å². The molecule has 28 heavy (non-hydrogen) atoms. The largest absolute Gasteiger partial charge is 0.455 e. The first-order chi connectivity index (χ1) is 13.3. The van der Waals surface area contributed by atoms with Crippen LogP contribution in [0.1, 0.15) is 59.2 Å². The Bertz CT molecular complexity index is 901. The number of nitrogens with one attached hydrogen (secondary N) is 2. The third-order valence-electron chi connectivity index (χ3n) is 4.58. The molecule has 0 aliphatic heterocycles. The molecular weight excluding hydrogens is 371 g/mol. The highest BCUT2D eigenvalue weighted by molar-refractivity contribution is 6.06. The number of hydrazone groups is 1. The molecule has 3 rings (SSSR count). The van der Waals surface area contributed by atoms with Crippen molar-refractivity contribution in [1.82, 2.24) is 5.32 Å². The van der Waals surface area contributed by atoms with E-state index < -0.39 is 11.7 Å². The van der Waals surface area contributed by atoms with Gasteiger partial charge in [-0.1, -0.05) is 13.0 Å². The number of halogens is 3. The van der Waals surface area contributed by atoms with E-state index in [1.165, 1.54) is 12.1 Å². The summed E-state index contributed by atoms with van der Waals surface area (Å²) in [5.74, 6) is 0.695. The number of carbonyl (C=O) groups excluding carboxylic acids is 1. The summed E-state index contributed by atoms with van der Waals surface area (Å²) in [7, 11) is 0. The number of hydrogen-bond acceptors (Lipinski definition) is 4. The van der Waals surface area contributed by atoms with Crippen LogP contribution >= 0.6 is 0 Å². The monoisotopic (exact) mass is 393 g/mol. The quantitative estimate of drug-likeness (QED) is 0.710. The first-order valence-corrected chi connectivity index (χ1v) is 9.22. The second-order valence-corrected chi connectivity index (χ2v) is 6.71. The molecule has 8 heteroatoms. The zero-order chi connectivity index (χ0) is 20.3. The molecule has 1 aliphatic rings. The number of benzene rings is 1. The molecule has 1 aromatic heterocycles. The molecule has 0 fully saturated rings. The lowest BCUT2D eigenvalue weighted by Crippen LogP contribution is -2.24. The molecule has 0 bridgehead atoms. The number of rotatable bonds is 5. The standard InChI is InChI=1S/C20H22F3N3O2/c1-3-10-24-19(27)18-12(2)17-15(8-5-9-16(17)28-18)26-25-14-7-4-6-13(11-14)20(21,22)23/h4,6-7,11,25H,3,5,8-10H2,1-2H3,(H,24,27)/b26-15+. The van der Waals surface area contributed by atoms with Crippen molar-refractivity contribution in [3.63, 3.8) is 0 Å². The summed E-state index contributed by atoms with van der Waals surface area (Å²) in [6.45, 7) is 4.32. The Balaban J connectivity index is 1.86. The minimum absolute atomic E-state index is 0.247. The lowest BCUT2D eigenvalue weighted by atomic mass is 9.93. The summed E-state index contributed by atoms with van der Waals surface area (Å²) in [5.41, 5.74) is 4.37. The lowest BCUT2D eigenvalue weighted by Gasteiger charge is -2.14. The summed E-state index contributed by atoms with van der Waals surface area (Å²) in [6.07, 6.45) is -1.46. The topological polar surface area (TPSA) is 66.6 Å². The number of furan rings is 1. The first kappa shape index (κ1) is 20.0. The molecular formula is C20H22F3N3O2. The number of alkyl halides is 3. The fraction of sp³-hybridized carbons (Fsp3) is 0.400. The van der Waals surface area contributed by atoms with Gasteiger partial charge in [0.2, 0.25) is 0 Å². The summed E-state index contributed by atoms with van der Waals surface area (Å²) in [4.78, 5) is 12.3. The Morgan fingerprint density at radius 3 is 2.79 bits per heavy atom. The van der Waals surface area contributed by atoms with Gasteiger partial charge in [-0.2, -0.15) is 18.3 Å². The number of anilines is 1. The van der Waals surface area contributed by atoms with Gasteiger partial charge in [0.1, 0.15) is 5.76 Å². The summed E-state index contributed by atoms with van der Waals surface area (Å²) in [5, 5.41) is 7.12. The van der Waals surface area contributed by atoms with Crippen LogP contribution in [0.2, 0.25) is 0 Å². The van der Waals surface area contributed by atoms with Gasteiger partial charge in [-0.15, -0.1) is 0 Å². The van der Waals surface area contributed by atoms with Crippen molar-refractivity contribution in [3.8, 4) is 0 Å². The minimum Gasteiger partial charge on any atom is -0.455 e. The van der Waals surface area contributed by atoms with Gasteiger partial charge in [0.05, 0.1) is 17.0 Å². The third kappa shape index (κ3) is 4.21. The average Bonchev–Trinajstić information content (AvgIpc) is 3.01. The van der Waals surface area contributed by atoms with E-state index in [1.807, 2.05) is 6.92 Å². The Morgan fingerprint density at radius 1 is 1.29 bits per heavy atom. The number of amides is 1. The van der Waals surface area contributed by atoms with Crippen molar-refractivity contribution in [2.75, 3.05) is 12.0 Å². The number of hydrogen-bond donors (Lipinski definition) is 2. The van der Waals surface area contributed by atoms with Crippen molar-refractivity contribution in [1.29, 1.82) is 0 Å². The van der Waals surface area contributed by atoms with E-state index in [-0.39, 0.29) is 17.4 Å². The molecule has 1 heterocycles. The molecule has 1 amide bonds. The van der Waals surface area contributed by atoms with Gasteiger partial charge in [-0.05, 0) is 44.4 Å². The smallest absolute Gasteiger partial charge is 0.416 e. The molecule has 2 N–H and O–H groups in total. The van der Waals surface area contributed by atoms with E-state index >= 15 is 0 Å². The Kier molecular flexibility index (Phi) is 5.76. The summed E-state index contributed by atoms with van der Waals surface area (Å²) >= 11 is 0. The van der Waals surface area contributed by atoms with Gasteiger partial charge in [0.15, 0.2) is 5.76 Å². The Hall–Kier alpha value is -2.77. The number of aryl methyl sites for hydroxylation is 1. The lowest BCUT2D eigenvalue weighted by molar-refractivity contribution is -0.137. The van der Waals surface area contributed by atoms with Crippen LogP contribution in [0.3, 0.4) is 0 Å². The van der Waals surface area contributed by atoms with Crippen LogP contribution in [-0.2, 0) is 12.6 Å². The molecule has 5 nitrogen and oxygen atoms in total. The number of fused-ring (bicyclic) bond motifs is 1. The Labute approximate surface area is 161 Å². The molecule has 1 aliphatic carbocycles. The van der Waals surface area contributed by atoms with Crippen LogP contribution in [0.25, 0.3) is 0 Å². The van der Waals surface area contributed by atoms with Crippen LogP contribution < -0.4 is 10.7 Å². The number of carbonyl (C=O) groups is 1. The van der Waals surface area contributed by atoms with Gasteiger partial charge in [-0.3, -0.25) is 10.2 Å². The zero-order valence-corrected chi connectivity index (χ0v) is 15.7. The Morgan fingerprint density at radius 2 is 2.07 bits per heavy atom. The molecule has 0 radical (unpaired) electrons. The summed E-state index contributed by atoms with van der Waals surface area (Å²) in [6, 6.07) is 4.88. The van der Waals surface area contributed by atoms with Gasteiger partial charge in [0.25, 0.3) is 5.91 Å². The molecule has 1 aromatic carbocycles. The normalized spacial score (nSPS) is 15.4. The molecule has 0 saturated carbocycles. The van der Waals surface area contributed by atoms with Crippen LogP contribution in [0.5, 0.6) is 0 Å². The fourth-order valence-corrected chi connectivity index (χ4v) is 3.21. The second-order valence-electron chi connectivity index (χ2n) is 6.71. The van der Waals surface area contributed by atoms with Gasteiger partial charge < -0.3 is 9.73 Å². The highest BCUT2D eigenvalue weighted by Crippen LogP contribution is 2.32. The maximum absolute atomic E-state index is 12.9. The predicted octanol–water partition coefficient (Wildman–Crippen LogP) is 4.90. The van der Waals surface area contributed by atoms with E-state index in [9.17, 15) is 18.0 Å². The van der Waals surface area contributed by atoms with Crippen molar-refractivity contribution in [3.05, 3.63) is 52.5 Å². The van der Waals surface area contributed by atoms with Gasteiger partial charge >= 0.3 is 6.18 Å². The molecule has 0 unspecified atom stereocenters. The second kappa shape index (κ2) is 8.08. The molecule has 0 spiro atoms. The SMILES string of the molecule is CCCNC(=O)c1oc2c(c1C)/C(=N/Nc1cccc(C(F)(F)F)c1)CCC2. The summed E-state index contributed by atoms with van der Waals surface area (Å²) < 4.78 is 44.4. The van der Waals surface area contributed by atoms with Crippen LogP contribution in [-0.4, -0.2) is 18.2 Å². The van der Waals surface area contributed by atoms with Gasteiger partial charge in [0, 0.05) is 24.1 Å². The maximum atomic E-state index is 12.9. The highest BCUT2D eigenvalue weighted by Gasteiger charge is 2.30. The van der Waals surface area contributed by atoms with Crippen molar-refractivity contribution < 1.29 is 22.4 Å². The van der Waals surface area contributed by atoms with Crippen LogP contribution in [0, 0.1) is 6.92 Å². The average molecular weight is 393 g/mol. The number of nitrogens with zero attached hydrogens (tertiary/aromatic N) is 1. The third-order valence-corrected chi connectivity index (χ3v) is 4.58. The maximum Gasteiger partial charge on any atom is 0.416 e. The fourth-order valence-electron chi connectivity index (χ4n) is 3.21. The van der Waals surface area contributed by atoms with E-state index in [4.69, 9.17) is 4.42 Å². The van der Waals surface area contributed by atoms with E-state index in [0.29, 0.717) is 36.4 Å². The zero-order valence-electron chi connectivity index (χ0n) is 15.7. The van der Waals surface area contributed by atoms with E-state index in [0.717, 1.165) is 30.5 Å². The van der Waals surface area contributed by atoms with Crippen molar-refractivity contribution in [2.45, 2.75) is 45.7 Å². The van der Waals surface area contributed by atoms with Crippen molar-refractivity contribution in [2.24, 2.45) is 5.10 Å². The van der Waals surface area contributed by atoms with Crippen LogP contribution in [0.4, 0.5) is 18.9 Å². The van der Waals surface area contributed by atoms with Gasteiger partial charge in [-0.25, -0.2) is 0 Å². The molecule has 0 atom stereocenters. The first-order valence-electron chi connectivity index (χ1n) is 9.22. The van der Waals surface area contributed by atoms with Crippen LogP contribution in [0.15, 0.2) is 33.8 Å². The van der Waals surface area contributed by atoms with E-state index in [1.54, 1.807) is 6.92 Å². The molecule has 150 valence electrons. The highest BCUT2D eigenvalue weighted by atomic mass is 19.4. The van der Waals surface area contributed by atoms with E-state index in [2.05, 4.69) is 15.8 Å². The molecule has 0 saturated heterocycles. The predicted molar refractivity (Wildman–Crippen MR) is 101 cm³/mol.